The van der Waals surface area contributed by atoms with Gasteiger partial charge in [-0.2, -0.15) is 0 Å². The van der Waals surface area contributed by atoms with E-state index in [9.17, 15) is 30.3 Å². The number of nitrogens with two attached hydrogens (primary N) is 1. The van der Waals surface area contributed by atoms with Crippen molar-refractivity contribution < 1.29 is 42.7 Å². The molecule has 0 atom stereocenters. The van der Waals surface area contributed by atoms with Gasteiger partial charge < -0.3 is 48.4 Å². The second-order valence-corrected chi connectivity index (χ2v) is 16.5. The van der Waals surface area contributed by atoms with E-state index < -0.39 is 14.8 Å². The molecule has 2 N–H and O–H groups in total. The summed E-state index contributed by atoms with van der Waals surface area (Å²) in [5.74, 6) is 2.57. The average molecular weight is 1070 g/mol. The molecule has 4 fully saturated rings. The summed E-state index contributed by atoms with van der Waals surface area (Å²) in [6.07, 6.45) is 5.39. The van der Waals surface area contributed by atoms with E-state index in [1.54, 1.807) is 12.3 Å². The molecule has 66 heavy (non-hydrogen) atoms. The first-order valence-corrected chi connectivity index (χ1v) is 22.4. The topological polar surface area (TPSA) is 272 Å². The van der Waals surface area contributed by atoms with Gasteiger partial charge in [0, 0.05) is 57.5 Å². The van der Waals surface area contributed by atoms with E-state index >= 15 is 0 Å². The number of ether oxygens (including phenoxy) is 3. The predicted molar refractivity (Wildman–Crippen MR) is 258 cm³/mol. The minimum absolute atomic E-state index is 0.0103. The molecule has 0 radical (unpaired) electrons. The predicted octanol–water partition coefficient (Wildman–Crippen LogP) is 6.34. The van der Waals surface area contributed by atoms with Crippen LogP contribution >= 0.6 is 43.5 Å². The van der Waals surface area contributed by atoms with Crippen molar-refractivity contribution in [2.75, 3.05) is 99.3 Å². The van der Waals surface area contributed by atoms with Crippen molar-refractivity contribution in [3.63, 3.8) is 0 Å². The van der Waals surface area contributed by atoms with Gasteiger partial charge in [-0.1, -0.05) is 11.6 Å². The Morgan fingerprint density at radius 3 is 1.26 bits per heavy atom. The van der Waals surface area contributed by atoms with Crippen molar-refractivity contribution in [1.29, 1.82) is 0 Å². The van der Waals surface area contributed by atoms with Crippen LogP contribution in [0.4, 0.5) is 40.2 Å². The highest BCUT2D eigenvalue weighted by Gasteiger charge is 2.31. The number of aromatic nitrogens is 4. The third-order valence-electron chi connectivity index (χ3n) is 9.41. The van der Waals surface area contributed by atoms with Crippen LogP contribution in [0.3, 0.4) is 0 Å². The minimum Gasteiger partial charge on any atom is -0.453 e. The summed E-state index contributed by atoms with van der Waals surface area (Å²) >= 11 is 11.8. The van der Waals surface area contributed by atoms with E-state index in [-0.39, 0.29) is 43.6 Å². The molecule has 4 aromatic rings. The fraction of sp³-hybridized carbons (Fsp3) is 0.459. The van der Waals surface area contributed by atoms with Crippen LogP contribution in [0.15, 0.2) is 58.0 Å². The third-order valence-corrected chi connectivity index (χ3v) is 11.1. The van der Waals surface area contributed by atoms with Crippen LogP contribution in [-0.4, -0.2) is 135 Å². The molecule has 4 aromatic heterocycles. The maximum Gasteiger partial charge on any atom is 0.426 e. The lowest BCUT2D eigenvalue weighted by Crippen LogP contribution is -2.44. The molecule has 354 valence electrons. The summed E-state index contributed by atoms with van der Waals surface area (Å²) in [7, 11) is -0.406. The molecule has 29 heteroatoms. The van der Waals surface area contributed by atoms with Crippen molar-refractivity contribution in [1.82, 2.24) is 19.9 Å². The quantitative estimate of drug-likeness (QED) is 0.0954. The number of hydrogen-bond donors (Lipinski definition) is 1. The van der Waals surface area contributed by atoms with Gasteiger partial charge in [-0.3, -0.25) is 30.3 Å². The number of rotatable bonds is 6. The maximum absolute atomic E-state index is 10.6. The fourth-order valence-corrected chi connectivity index (χ4v) is 7.43. The molecule has 4 saturated heterocycles. The molecule has 0 spiro atoms. The van der Waals surface area contributed by atoms with Crippen LogP contribution < -0.4 is 20.4 Å². The van der Waals surface area contributed by atoms with E-state index in [4.69, 9.17) is 45.3 Å². The number of nitrogen functional groups attached to an aromatic ring is 1. The second kappa shape index (κ2) is 27.1. The zero-order valence-electron chi connectivity index (χ0n) is 36.9. The number of hydrogen-bond acceptors (Lipinski definition) is 20. The molecule has 0 aliphatic carbocycles. The number of aryl methyl sites for hydroxylation is 2. The van der Waals surface area contributed by atoms with Crippen molar-refractivity contribution in [3.05, 3.63) is 105 Å². The lowest BCUT2D eigenvalue weighted by atomic mass is 9.74. The summed E-state index contributed by atoms with van der Waals surface area (Å²) in [6.45, 7) is 18.6. The molecule has 8 rings (SSSR count). The van der Waals surface area contributed by atoms with E-state index in [0.29, 0.717) is 35.4 Å². The smallest absolute Gasteiger partial charge is 0.426 e. The van der Waals surface area contributed by atoms with Gasteiger partial charge in [0.25, 0.3) is 17.1 Å². The normalized spacial score (nSPS) is 15.9. The van der Waals surface area contributed by atoms with Crippen molar-refractivity contribution in [2.45, 2.75) is 34.3 Å². The second-order valence-electron chi connectivity index (χ2n) is 14.4. The first-order valence-electron chi connectivity index (χ1n) is 20.5. The van der Waals surface area contributed by atoms with Crippen molar-refractivity contribution in [2.24, 2.45) is 0 Å². The molecule has 0 amide bonds. The maximum atomic E-state index is 10.6. The Balaban J connectivity index is 0.000000183. The van der Waals surface area contributed by atoms with Gasteiger partial charge in [0.1, 0.15) is 41.2 Å². The Morgan fingerprint density at radius 2 is 0.894 bits per heavy atom. The number of nitro groups is 3. The number of nitrogens with zero attached hydrogens (tertiary/aromatic N) is 10. The molecule has 0 bridgehead atoms. The minimum atomic E-state index is -0.534. The third kappa shape index (κ3) is 17.5. The SMILES string of the molecule is CB1OB(C)OB(C)O1.Cc1cc(N)cnc1N1CCOCC1.Cc1cc([N+](=O)[O-])cnc1N1CCOCC1.O=[N+]([O-])c1cnc(Cl)c(Br)c1.O=[N+]([O-])c1cnc(N2CCOCC2)c(Br)c1. The molecule has 23 nitrogen and oxygen atoms in total. The fourth-order valence-electron chi connectivity index (χ4n) is 6.40. The lowest BCUT2D eigenvalue weighted by Gasteiger charge is -2.28. The van der Waals surface area contributed by atoms with Crippen LogP contribution in [0.25, 0.3) is 0 Å². The lowest BCUT2D eigenvalue weighted by molar-refractivity contribution is -0.385. The van der Waals surface area contributed by atoms with Crippen LogP contribution in [0.2, 0.25) is 25.6 Å². The first kappa shape index (κ1) is 53.8. The summed E-state index contributed by atoms with van der Waals surface area (Å²) in [4.78, 5) is 52.4. The van der Waals surface area contributed by atoms with Gasteiger partial charge in [0.2, 0.25) is 0 Å². The van der Waals surface area contributed by atoms with Crippen LogP contribution in [0.5, 0.6) is 0 Å². The average Bonchev–Trinajstić information content (AvgIpc) is 3.28. The highest BCUT2D eigenvalue weighted by molar-refractivity contribution is 9.11. The molecule has 4 aliphatic heterocycles. The van der Waals surface area contributed by atoms with Crippen LogP contribution in [0, 0.1) is 44.2 Å². The summed E-state index contributed by atoms with van der Waals surface area (Å²) in [5.41, 5.74) is 8.28. The zero-order chi connectivity index (χ0) is 48.3. The zero-order valence-corrected chi connectivity index (χ0v) is 40.8. The Hall–Kier alpha value is -4.80. The van der Waals surface area contributed by atoms with Gasteiger partial charge in [0.05, 0.1) is 75.2 Å². The van der Waals surface area contributed by atoms with Gasteiger partial charge in [-0.05, 0) is 83.4 Å². The van der Waals surface area contributed by atoms with E-state index in [1.165, 1.54) is 24.5 Å². The highest BCUT2D eigenvalue weighted by Crippen LogP contribution is 2.28. The standard InChI is InChI=1S/C10H13N3O3.C10H15N3O.C9H10BrN3O3.C5H2BrClN2O2.C3H9B3O3/c1-8-6-9(13(14)15)7-11-10(8)12-2-4-16-5-3-12;1-8-6-9(11)7-12-10(8)13-2-4-14-5-3-13;10-8-5-7(13(14)15)6-11-9(8)12-1-3-16-4-2-12;6-4-1-3(9(10)11)2-8-5(4)7;1-4-7-5(2)9-6(3)8-4/h6-7H,2-5H2,1H3;6-7H,2-5,11H2,1H3;5-6H,1-4H2;1-2H;1-3H3. The number of anilines is 4. The van der Waals surface area contributed by atoms with Crippen molar-refractivity contribution in [3.8, 4) is 0 Å². The molecule has 0 unspecified atom stereocenters. The monoisotopic (exact) mass is 1070 g/mol. The van der Waals surface area contributed by atoms with Crippen LogP contribution in [0.1, 0.15) is 11.1 Å². The number of pyridine rings is 4. The van der Waals surface area contributed by atoms with E-state index in [0.717, 1.165) is 92.9 Å². The molecule has 4 aliphatic rings. The molecule has 8 heterocycles. The first-order chi connectivity index (χ1) is 31.4. The Bertz CT molecular complexity index is 2140. The summed E-state index contributed by atoms with van der Waals surface area (Å²) in [5, 5.41) is 31.5. The van der Waals surface area contributed by atoms with Crippen molar-refractivity contribution >= 4 is 105 Å². The van der Waals surface area contributed by atoms with Gasteiger partial charge >= 0.3 is 21.4 Å². The number of halogens is 3. The van der Waals surface area contributed by atoms with E-state index in [1.807, 2.05) is 45.3 Å². The Morgan fingerprint density at radius 1 is 0.561 bits per heavy atom. The number of morpholine rings is 3. The molecule has 0 aromatic carbocycles. The van der Waals surface area contributed by atoms with E-state index in [2.05, 4.69) is 61.6 Å². The summed E-state index contributed by atoms with van der Waals surface area (Å²) < 4.78 is 32.2. The van der Waals surface area contributed by atoms with Gasteiger partial charge in [-0.15, -0.1) is 0 Å². The van der Waals surface area contributed by atoms with Gasteiger partial charge in [-0.25, -0.2) is 19.9 Å². The Labute approximate surface area is 404 Å². The molecular formula is C37H49B3Br2ClN11O12. The highest BCUT2D eigenvalue weighted by atomic mass is 79.9. The van der Waals surface area contributed by atoms with Gasteiger partial charge in [0.15, 0.2) is 0 Å². The molecule has 0 saturated carbocycles. The summed E-state index contributed by atoms with van der Waals surface area (Å²) in [6, 6.07) is 6.28. The van der Waals surface area contributed by atoms with Crippen LogP contribution in [-0.2, 0) is 27.9 Å². The largest absolute Gasteiger partial charge is 0.453 e. The molecular weight excluding hydrogens is 1020 g/mol. The Kier molecular flexibility index (Phi) is 22.1.